The predicted molar refractivity (Wildman–Crippen MR) is 75.1 cm³/mol. The molecule has 1 aromatic carbocycles. The number of carboxylic acids is 1. The van der Waals surface area contributed by atoms with Crippen molar-refractivity contribution in [1.29, 1.82) is 0 Å². The molecule has 6 nitrogen and oxygen atoms in total. The van der Waals surface area contributed by atoms with E-state index in [-0.39, 0.29) is 12.0 Å². The number of benzene rings is 1. The van der Waals surface area contributed by atoms with Crippen LogP contribution < -0.4 is 19.5 Å². The number of hydrogen-bond acceptors (Lipinski definition) is 5. The molecule has 3 rings (SSSR count). The summed E-state index contributed by atoms with van der Waals surface area (Å²) in [5.41, 5.74) is 0.862. The highest BCUT2D eigenvalue weighted by atomic mass is 16.5. The second-order valence-electron chi connectivity index (χ2n) is 5.29. The zero-order valence-electron chi connectivity index (χ0n) is 11.9. The molecule has 6 heteroatoms. The molecule has 2 aliphatic heterocycles. The molecule has 114 valence electrons. The lowest BCUT2D eigenvalue weighted by Gasteiger charge is -2.20. The summed E-state index contributed by atoms with van der Waals surface area (Å²) in [5.74, 6) is 0.910. The topological polar surface area (TPSA) is 77.0 Å². The first-order valence-corrected chi connectivity index (χ1v) is 7.13. The van der Waals surface area contributed by atoms with Gasteiger partial charge in [0.1, 0.15) is 5.75 Å². The summed E-state index contributed by atoms with van der Waals surface area (Å²) in [7, 11) is 1.60. The van der Waals surface area contributed by atoms with Crippen LogP contribution in [0.15, 0.2) is 12.1 Å². The van der Waals surface area contributed by atoms with Gasteiger partial charge in [0.05, 0.1) is 31.8 Å². The van der Waals surface area contributed by atoms with Gasteiger partial charge in [0, 0.05) is 19.0 Å². The quantitative estimate of drug-likeness (QED) is 0.881. The van der Waals surface area contributed by atoms with Crippen LogP contribution in [0.2, 0.25) is 0 Å². The largest absolute Gasteiger partial charge is 0.496 e. The number of carbonyl (C=O) groups is 1. The van der Waals surface area contributed by atoms with Crippen LogP contribution in [0.3, 0.4) is 0 Å². The first-order valence-electron chi connectivity index (χ1n) is 7.13. The number of fused-ring (bicyclic) bond motifs is 1. The highest BCUT2D eigenvalue weighted by molar-refractivity contribution is 5.71. The summed E-state index contributed by atoms with van der Waals surface area (Å²) >= 11 is 0. The van der Waals surface area contributed by atoms with Gasteiger partial charge in [-0.25, -0.2) is 0 Å². The Kier molecular flexibility index (Phi) is 3.88. The van der Waals surface area contributed by atoms with E-state index < -0.39 is 5.97 Å². The van der Waals surface area contributed by atoms with Crippen LogP contribution in [0.1, 0.15) is 24.4 Å². The first kappa shape index (κ1) is 14.0. The molecule has 2 heterocycles. The Hall–Kier alpha value is -1.95. The minimum atomic E-state index is -0.775. The fourth-order valence-corrected chi connectivity index (χ4v) is 2.89. The summed E-state index contributed by atoms with van der Waals surface area (Å²) in [6, 6.07) is 3.59. The molecule has 0 saturated carbocycles. The average Bonchev–Trinajstić information content (AvgIpc) is 2.85. The van der Waals surface area contributed by atoms with E-state index in [2.05, 4.69) is 5.32 Å². The van der Waals surface area contributed by atoms with Gasteiger partial charge >= 0.3 is 5.97 Å². The Balaban J connectivity index is 1.98. The molecular formula is C15H19NO5. The predicted octanol–water partition coefficient (Wildman–Crippen LogP) is 1.59. The maximum Gasteiger partial charge on any atom is 0.307 e. The van der Waals surface area contributed by atoms with E-state index in [9.17, 15) is 4.79 Å². The molecule has 0 spiro atoms. The molecule has 1 aromatic rings. The summed E-state index contributed by atoms with van der Waals surface area (Å²) in [6.45, 7) is 1.66. The normalized spacial score (nSPS) is 24.4. The highest BCUT2D eigenvalue weighted by Crippen LogP contribution is 2.45. The SMILES string of the molecule is COc1ccc2c(c1C1CC(C(=O)O)CN1)OCCCO2. The second kappa shape index (κ2) is 5.81. The zero-order chi connectivity index (χ0) is 14.8. The van der Waals surface area contributed by atoms with Crippen molar-refractivity contribution in [2.45, 2.75) is 18.9 Å². The van der Waals surface area contributed by atoms with Gasteiger partial charge in [0.15, 0.2) is 11.5 Å². The molecule has 2 N–H and O–H groups in total. The Morgan fingerprint density at radius 2 is 2.19 bits per heavy atom. The minimum Gasteiger partial charge on any atom is -0.496 e. The van der Waals surface area contributed by atoms with Crippen LogP contribution in [0.5, 0.6) is 17.2 Å². The van der Waals surface area contributed by atoms with Crippen molar-refractivity contribution < 1.29 is 24.1 Å². The molecule has 0 amide bonds. The number of aliphatic carboxylic acids is 1. The highest BCUT2D eigenvalue weighted by Gasteiger charge is 2.35. The Morgan fingerprint density at radius 1 is 1.38 bits per heavy atom. The van der Waals surface area contributed by atoms with Crippen molar-refractivity contribution in [3.05, 3.63) is 17.7 Å². The molecule has 1 fully saturated rings. The van der Waals surface area contributed by atoms with Crippen molar-refractivity contribution >= 4 is 5.97 Å². The van der Waals surface area contributed by atoms with Crippen LogP contribution in [0.4, 0.5) is 0 Å². The van der Waals surface area contributed by atoms with Gasteiger partial charge in [-0.1, -0.05) is 0 Å². The fraction of sp³-hybridized carbons (Fsp3) is 0.533. The number of carboxylic acid groups (broad SMARTS) is 1. The number of rotatable bonds is 3. The van der Waals surface area contributed by atoms with Gasteiger partial charge in [-0.05, 0) is 18.6 Å². The Morgan fingerprint density at radius 3 is 2.90 bits per heavy atom. The smallest absolute Gasteiger partial charge is 0.307 e. The van der Waals surface area contributed by atoms with E-state index in [1.165, 1.54) is 0 Å². The van der Waals surface area contributed by atoms with Crippen LogP contribution in [-0.2, 0) is 4.79 Å². The summed E-state index contributed by atoms with van der Waals surface area (Å²) in [4.78, 5) is 11.1. The van der Waals surface area contributed by atoms with Gasteiger partial charge in [-0.2, -0.15) is 0 Å². The first-order chi connectivity index (χ1) is 10.2. The van der Waals surface area contributed by atoms with E-state index in [1.54, 1.807) is 7.11 Å². The number of ether oxygens (including phenoxy) is 3. The van der Waals surface area contributed by atoms with Gasteiger partial charge < -0.3 is 24.6 Å². The lowest BCUT2D eigenvalue weighted by atomic mass is 9.98. The van der Waals surface area contributed by atoms with Crippen molar-refractivity contribution in [2.75, 3.05) is 26.9 Å². The third kappa shape index (κ3) is 2.63. The molecule has 0 radical (unpaired) electrons. The van der Waals surface area contributed by atoms with E-state index in [1.807, 2.05) is 12.1 Å². The Bertz CT molecular complexity index is 545. The van der Waals surface area contributed by atoms with Crippen LogP contribution >= 0.6 is 0 Å². The molecule has 2 atom stereocenters. The van der Waals surface area contributed by atoms with Gasteiger partial charge in [0.25, 0.3) is 0 Å². The summed E-state index contributed by atoms with van der Waals surface area (Å²) in [6.07, 6.45) is 1.35. The van der Waals surface area contributed by atoms with Gasteiger partial charge in [-0.15, -0.1) is 0 Å². The number of nitrogens with one attached hydrogen (secondary N) is 1. The lowest BCUT2D eigenvalue weighted by molar-refractivity contribution is -0.141. The molecule has 0 aliphatic carbocycles. The molecule has 21 heavy (non-hydrogen) atoms. The van der Waals surface area contributed by atoms with E-state index in [0.717, 1.165) is 12.0 Å². The van der Waals surface area contributed by atoms with Crippen molar-refractivity contribution in [2.24, 2.45) is 5.92 Å². The molecule has 1 saturated heterocycles. The van der Waals surface area contributed by atoms with Gasteiger partial charge in [-0.3, -0.25) is 4.79 Å². The minimum absolute atomic E-state index is 0.0994. The third-order valence-corrected chi connectivity index (χ3v) is 3.96. The molecule has 2 aliphatic rings. The van der Waals surface area contributed by atoms with Gasteiger partial charge in [0.2, 0.25) is 0 Å². The lowest BCUT2D eigenvalue weighted by Crippen LogP contribution is -2.18. The van der Waals surface area contributed by atoms with Crippen molar-refractivity contribution in [3.8, 4) is 17.2 Å². The molecular weight excluding hydrogens is 274 g/mol. The standard InChI is InChI=1S/C15H19NO5/c1-19-11-3-4-12-14(21-6-2-5-20-12)13(11)10-7-9(8-16-10)15(17)18/h3-4,9-10,16H,2,5-8H2,1H3,(H,17,18). The van der Waals surface area contributed by atoms with E-state index in [4.69, 9.17) is 19.3 Å². The van der Waals surface area contributed by atoms with E-state index in [0.29, 0.717) is 43.4 Å². The van der Waals surface area contributed by atoms with Crippen molar-refractivity contribution in [1.82, 2.24) is 5.32 Å². The van der Waals surface area contributed by atoms with E-state index >= 15 is 0 Å². The van der Waals surface area contributed by atoms with Crippen LogP contribution in [0, 0.1) is 5.92 Å². The monoisotopic (exact) mass is 293 g/mol. The molecule has 0 bridgehead atoms. The number of hydrogen-bond donors (Lipinski definition) is 2. The third-order valence-electron chi connectivity index (χ3n) is 3.96. The summed E-state index contributed by atoms with van der Waals surface area (Å²) in [5, 5.41) is 12.4. The Labute approximate surface area is 123 Å². The van der Waals surface area contributed by atoms with Crippen LogP contribution in [-0.4, -0.2) is 37.9 Å². The van der Waals surface area contributed by atoms with Crippen LogP contribution in [0.25, 0.3) is 0 Å². The maximum atomic E-state index is 11.1. The molecule has 0 aromatic heterocycles. The zero-order valence-corrected chi connectivity index (χ0v) is 11.9. The van der Waals surface area contributed by atoms with Crippen molar-refractivity contribution in [3.63, 3.8) is 0 Å². The maximum absolute atomic E-state index is 11.1. The second-order valence-corrected chi connectivity index (χ2v) is 5.29. The molecule has 2 unspecified atom stereocenters. The fourth-order valence-electron chi connectivity index (χ4n) is 2.89. The average molecular weight is 293 g/mol. The number of methoxy groups -OCH3 is 1. The summed E-state index contributed by atoms with van der Waals surface area (Å²) < 4.78 is 17.0.